The van der Waals surface area contributed by atoms with E-state index in [9.17, 15) is 14.4 Å². The fourth-order valence-electron chi connectivity index (χ4n) is 3.17. The number of ether oxygens (including phenoxy) is 2. The van der Waals surface area contributed by atoms with Crippen LogP contribution >= 0.6 is 0 Å². The number of hydrogen-bond donors (Lipinski definition) is 2. The number of aromatic nitrogens is 1. The van der Waals surface area contributed by atoms with Crippen LogP contribution in [0.3, 0.4) is 0 Å². The highest BCUT2D eigenvalue weighted by atomic mass is 16.6. The quantitative estimate of drug-likeness (QED) is 0.759. The van der Waals surface area contributed by atoms with Gasteiger partial charge in [-0.15, -0.1) is 0 Å². The smallest absolute Gasteiger partial charge is 0.427 e. The maximum absolute atomic E-state index is 13.1. The molecule has 1 saturated heterocycles. The highest BCUT2D eigenvalue weighted by molar-refractivity contribution is 6.10. The van der Waals surface area contributed by atoms with Crippen molar-refractivity contribution in [3.63, 3.8) is 0 Å². The third-order valence-electron chi connectivity index (χ3n) is 4.38. The molecule has 0 bridgehead atoms. The number of carbonyl (C=O) groups excluding carboxylic acids is 3. The average molecular weight is 394 g/mol. The normalized spacial score (nSPS) is 14.5. The zero-order chi connectivity index (χ0) is 21.1. The molecule has 0 atom stereocenters. The largest absolute Gasteiger partial charge is 0.462 e. The van der Waals surface area contributed by atoms with Gasteiger partial charge in [0, 0.05) is 13.1 Å². The molecule has 1 fully saturated rings. The van der Waals surface area contributed by atoms with E-state index in [1.807, 2.05) is 0 Å². The number of rotatable bonds is 4. The lowest BCUT2D eigenvalue weighted by Crippen LogP contribution is -2.37. The molecule has 0 unspecified atom stereocenters. The summed E-state index contributed by atoms with van der Waals surface area (Å²) in [6, 6.07) is 0. The molecule has 0 aliphatic carbocycles. The fourth-order valence-corrected chi connectivity index (χ4v) is 3.17. The molecule has 0 aromatic carbocycles. The van der Waals surface area contributed by atoms with E-state index >= 15 is 0 Å². The highest BCUT2D eigenvalue weighted by Crippen LogP contribution is 2.28. The van der Waals surface area contributed by atoms with Crippen LogP contribution in [0, 0.1) is 6.92 Å². The number of nitrogen functional groups attached to an aromatic ring is 1. The number of piperidine rings is 1. The Morgan fingerprint density at radius 3 is 2.25 bits per heavy atom. The molecule has 1 aliphatic rings. The van der Waals surface area contributed by atoms with E-state index in [0.29, 0.717) is 18.8 Å². The molecule has 28 heavy (non-hydrogen) atoms. The van der Waals surface area contributed by atoms with Crippen molar-refractivity contribution in [1.29, 1.82) is 0 Å². The van der Waals surface area contributed by atoms with Crippen molar-refractivity contribution >= 4 is 23.8 Å². The summed E-state index contributed by atoms with van der Waals surface area (Å²) in [5.74, 6) is -1.02. The molecule has 2 rings (SSSR count). The van der Waals surface area contributed by atoms with Gasteiger partial charge in [0.1, 0.15) is 11.4 Å². The number of hydrogen-bond acceptors (Lipinski definition) is 6. The third-order valence-corrected chi connectivity index (χ3v) is 4.38. The van der Waals surface area contributed by atoms with Gasteiger partial charge in [0.25, 0.3) is 5.91 Å². The zero-order valence-electron chi connectivity index (χ0n) is 17.3. The first-order valence-corrected chi connectivity index (χ1v) is 9.54. The summed E-state index contributed by atoms with van der Waals surface area (Å²) >= 11 is 0. The van der Waals surface area contributed by atoms with E-state index in [2.05, 4.69) is 5.43 Å². The second-order valence-electron chi connectivity index (χ2n) is 7.74. The lowest BCUT2D eigenvalue weighted by molar-refractivity contribution is 0.0515. The lowest BCUT2D eigenvalue weighted by atomic mass is 10.1. The SMILES string of the molecule is CCOC(=O)c1c(C(=O)N2CCCCC2)c(N)n(NC(=O)OC(C)(C)C)c1C. The van der Waals surface area contributed by atoms with Gasteiger partial charge in [-0.3, -0.25) is 4.79 Å². The standard InChI is InChI=1S/C19H30N4O5/c1-6-27-17(25)13-12(2)23(21-18(26)28-19(3,4)5)15(20)14(13)16(24)22-10-8-7-9-11-22/h6-11,20H2,1-5H3,(H,21,26). The van der Waals surface area contributed by atoms with Crippen LogP contribution in [0.2, 0.25) is 0 Å². The Morgan fingerprint density at radius 2 is 1.71 bits per heavy atom. The van der Waals surface area contributed by atoms with E-state index in [4.69, 9.17) is 15.2 Å². The number of carbonyl (C=O) groups is 3. The molecule has 1 aromatic rings. The first kappa shape index (κ1) is 21.6. The molecule has 9 nitrogen and oxygen atoms in total. The van der Waals surface area contributed by atoms with Gasteiger partial charge in [0.2, 0.25) is 0 Å². The minimum absolute atomic E-state index is 0.0259. The molecule has 0 spiro atoms. The van der Waals surface area contributed by atoms with E-state index in [1.165, 1.54) is 4.68 Å². The Morgan fingerprint density at radius 1 is 1.11 bits per heavy atom. The van der Waals surface area contributed by atoms with Crippen molar-refractivity contribution in [2.45, 2.75) is 59.5 Å². The molecule has 2 heterocycles. The Bertz CT molecular complexity index is 757. The van der Waals surface area contributed by atoms with E-state index in [0.717, 1.165) is 19.3 Å². The fraction of sp³-hybridized carbons (Fsp3) is 0.632. The minimum Gasteiger partial charge on any atom is -0.462 e. The maximum Gasteiger partial charge on any atom is 0.427 e. The van der Waals surface area contributed by atoms with Gasteiger partial charge < -0.3 is 20.1 Å². The van der Waals surface area contributed by atoms with Crippen LogP contribution in [0.5, 0.6) is 0 Å². The summed E-state index contributed by atoms with van der Waals surface area (Å²) in [6.07, 6.45) is 2.11. The van der Waals surface area contributed by atoms with Crippen molar-refractivity contribution < 1.29 is 23.9 Å². The van der Waals surface area contributed by atoms with Gasteiger partial charge in [-0.1, -0.05) is 0 Å². The second kappa shape index (κ2) is 8.53. The Labute approximate surface area is 165 Å². The zero-order valence-corrected chi connectivity index (χ0v) is 17.3. The van der Waals surface area contributed by atoms with Crippen LogP contribution in [-0.4, -0.2) is 52.8 Å². The van der Waals surface area contributed by atoms with Crippen molar-refractivity contribution in [3.8, 4) is 0 Å². The van der Waals surface area contributed by atoms with Gasteiger partial charge in [0.15, 0.2) is 0 Å². The predicted octanol–water partition coefficient (Wildman–Crippen LogP) is 2.66. The molecular formula is C19H30N4O5. The van der Waals surface area contributed by atoms with Crippen LogP contribution in [0.15, 0.2) is 0 Å². The number of amides is 2. The number of likely N-dealkylation sites (tertiary alicyclic amines) is 1. The summed E-state index contributed by atoms with van der Waals surface area (Å²) in [4.78, 5) is 39.5. The van der Waals surface area contributed by atoms with Crippen molar-refractivity contribution in [3.05, 3.63) is 16.8 Å². The van der Waals surface area contributed by atoms with Gasteiger partial charge in [-0.2, -0.15) is 0 Å². The summed E-state index contributed by atoms with van der Waals surface area (Å²) in [5.41, 5.74) is 8.41. The monoisotopic (exact) mass is 394 g/mol. The summed E-state index contributed by atoms with van der Waals surface area (Å²) in [5, 5.41) is 0. The summed E-state index contributed by atoms with van der Waals surface area (Å²) < 4.78 is 11.6. The minimum atomic E-state index is -0.746. The summed E-state index contributed by atoms with van der Waals surface area (Å²) in [6.45, 7) is 9.82. The predicted molar refractivity (Wildman–Crippen MR) is 105 cm³/mol. The number of nitrogens with zero attached hydrogens (tertiary/aromatic N) is 2. The van der Waals surface area contributed by atoms with Crippen LogP contribution in [0.4, 0.5) is 10.6 Å². The number of anilines is 1. The van der Waals surface area contributed by atoms with Crippen molar-refractivity contribution in [1.82, 2.24) is 9.58 Å². The maximum atomic E-state index is 13.1. The van der Waals surface area contributed by atoms with Gasteiger partial charge >= 0.3 is 12.1 Å². The van der Waals surface area contributed by atoms with Gasteiger partial charge in [-0.25, -0.2) is 19.7 Å². The first-order valence-electron chi connectivity index (χ1n) is 9.54. The average Bonchev–Trinajstić information content (AvgIpc) is 2.85. The van der Waals surface area contributed by atoms with Gasteiger partial charge in [0.05, 0.1) is 23.4 Å². The molecule has 156 valence electrons. The second-order valence-corrected chi connectivity index (χ2v) is 7.74. The number of esters is 1. The van der Waals surface area contributed by atoms with Crippen molar-refractivity contribution in [2.24, 2.45) is 0 Å². The van der Waals surface area contributed by atoms with Gasteiger partial charge in [-0.05, 0) is 53.9 Å². The Hall–Kier alpha value is -2.71. The van der Waals surface area contributed by atoms with Crippen LogP contribution in [0.25, 0.3) is 0 Å². The molecule has 2 amide bonds. The van der Waals surface area contributed by atoms with E-state index in [1.54, 1.807) is 39.5 Å². The number of nitrogens with two attached hydrogens (primary N) is 1. The topological polar surface area (TPSA) is 116 Å². The molecule has 9 heteroatoms. The Kier molecular flexibility index (Phi) is 6.58. The van der Waals surface area contributed by atoms with E-state index in [-0.39, 0.29) is 29.5 Å². The Balaban J connectivity index is 2.45. The molecule has 0 radical (unpaired) electrons. The van der Waals surface area contributed by atoms with Crippen LogP contribution in [-0.2, 0) is 9.47 Å². The molecular weight excluding hydrogens is 364 g/mol. The number of nitrogens with one attached hydrogen (secondary N) is 1. The lowest BCUT2D eigenvalue weighted by Gasteiger charge is -2.27. The highest BCUT2D eigenvalue weighted by Gasteiger charge is 2.33. The van der Waals surface area contributed by atoms with Crippen LogP contribution in [0.1, 0.15) is 73.4 Å². The molecule has 1 aromatic heterocycles. The van der Waals surface area contributed by atoms with E-state index < -0.39 is 17.7 Å². The molecule has 1 aliphatic heterocycles. The van der Waals surface area contributed by atoms with Crippen LogP contribution < -0.4 is 11.2 Å². The third kappa shape index (κ3) is 4.76. The van der Waals surface area contributed by atoms with Crippen molar-refractivity contribution in [2.75, 3.05) is 30.9 Å². The first-order chi connectivity index (χ1) is 13.1. The molecule has 0 saturated carbocycles. The summed E-state index contributed by atoms with van der Waals surface area (Å²) in [7, 11) is 0. The molecule has 3 N–H and O–H groups in total.